The Labute approximate surface area is 137 Å². The molecule has 2 heterocycles. The summed E-state index contributed by atoms with van der Waals surface area (Å²) < 4.78 is 12.8. The Morgan fingerprint density at radius 1 is 1.43 bits per heavy atom. The van der Waals surface area contributed by atoms with Crippen molar-refractivity contribution < 1.29 is 14.3 Å². The zero-order chi connectivity index (χ0) is 17.2. The van der Waals surface area contributed by atoms with Gasteiger partial charge in [-0.05, 0) is 33.8 Å². The lowest BCUT2D eigenvalue weighted by molar-refractivity contribution is 0.0252. The van der Waals surface area contributed by atoms with Gasteiger partial charge in [-0.3, -0.25) is 4.68 Å². The fourth-order valence-electron chi connectivity index (χ4n) is 2.86. The Balaban J connectivity index is 1.99. The van der Waals surface area contributed by atoms with E-state index in [-0.39, 0.29) is 24.3 Å². The van der Waals surface area contributed by atoms with Gasteiger partial charge in [-0.1, -0.05) is 0 Å². The number of nitrogens with one attached hydrogen (secondary N) is 1. The van der Waals surface area contributed by atoms with Crippen molar-refractivity contribution in [2.24, 2.45) is 7.05 Å². The monoisotopic (exact) mass is 324 g/mol. The van der Waals surface area contributed by atoms with Gasteiger partial charge in [0.05, 0.1) is 24.4 Å². The quantitative estimate of drug-likeness (QED) is 0.913. The predicted molar refractivity (Wildman–Crippen MR) is 87.2 cm³/mol. The fourth-order valence-corrected chi connectivity index (χ4v) is 2.86. The molecule has 1 N–H and O–H groups in total. The van der Waals surface area contributed by atoms with Crippen molar-refractivity contribution in [1.82, 2.24) is 20.0 Å². The smallest absolute Gasteiger partial charge is 0.410 e. The molecule has 0 aromatic carbocycles. The van der Waals surface area contributed by atoms with Gasteiger partial charge < -0.3 is 19.7 Å². The second kappa shape index (κ2) is 6.88. The molecule has 0 saturated carbocycles. The SMILES string of the molecule is CO[C@H]1CN(C(=O)OC(C)(C)C)CC1NC(C)c1ccnn1C. The highest BCUT2D eigenvalue weighted by Crippen LogP contribution is 2.20. The Morgan fingerprint density at radius 3 is 2.65 bits per heavy atom. The lowest BCUT2D eigenvalue weighted by Crippen LogP contribution is -2.42. The Morgan fingerprint density at radius 2 is 2.13 bits per heavy atom. The van der Waals surface area contributed by atoms with Crippen molar-refractivity contribution in [2.75, 3.05) is 20.2 Å². The van der Waals surface area contributed by atoms with Crippen LogP contribution in [0.25, 0.3) is 0 Å². The number of amides is 1. The molecule has 1 aromatic rings. The van der Waals surface area contributed by atoms with Gasteiger partial charge >= 0.3 is 6.09 Å². The molecular weight excluding hydrogens is 296 g/mol. The molecule has 7 nitrogen and oxygen atoms in total. The van der Waals surface area contributed by atoms with E-state index in [2.05, 4.69) is 17.3 Å². The summed E-state index contributed by atoms with van der Waals surface area (Å²) in [6, 6.07) is 2.15. The number of methoxy groups -OCH3 is 1. The lowest BCUT2D eigenvalue weighted by Gasteiger charge is -2.25. The van der Waals surface area contributed by atoms with Crippen LogP contribution < -0.4 is 5.32 Å². The van der Waals surface area contributed by atoms with Crippen molar-refractivity contribution in [2.45, 2.75) is 51.5 Å². The van der Waals surface area contributed by atoms with Crippen molar-refractivity contribution >= 4 is 6.09 Å². The van der Waals surface area contributed by atoms with Crippen LogP contribution in [-0.2, 0) is 16.5 Å². The van der Waals surface area contributed by atoms with E-state index in [1.54, 1.807) is 18.2 Å². The van der Waals surface area contributed by atoms with Crippen LogP contribution in [0.1, 0.15) is 39.4 Å². The van der Waals surface area contributed by atoms with E-state index < -0.39 is 5.60 Å². The first-order valence-corrected chi connectivity index (χ1v) is 7.96. The first kappa shape index (κ1) is 17.7. The molecule has 0 aliphatic carbocycles. The van der Waals surface area contributed by atoms with E-state index in [1.807, 2.05) is 38.6 Å². The number of nitrogens with zero attached hydrogens (tertiary/aromatic N) is 3. The van der Waals surface area contributed by atoms with E-state index in [4.69, 9.17) is 9.47 Å². The summed E-state index contributed by atoms with van der Waals surface area (Å²) in [4.78, 5) is 13.9. The summed E-state index contributed by atoms with van der Waals surface area (Å²) in [5.74, 6) is 0. The molecule has 1 aliphatic rings. The first-order valence-electron chi connectivity index (χ1n) is 7.96. The van der Waals surface area contributed by atoms with Crippen molar-refractivity contribution in [3.63, 3.8) is 0 Å². The van der Waals surface area contributed by atoms with Crippen LogP contribution in [0.4, 0.5) is 4.79 Å². The van der Waals surface area contributed by atoms with Gasteiger partial charge in [-0.2, -0.15) is 5.10 Å². The first-order chi connectivity index (χ1) is 10.7. The molecule has 0 bridgehead atoms. The molecule has 7 heteroatoms. The molecule has 1 aliphatic heterocycles. The van der Waals surface area contributed by atoms with Crippen molar-refractivity contribution in [3.05, 3.63) is 18.0 Å². The van der Waals surface area contributed by atoms with Crippen molar-refractivity contribution in [1.29, 1.82) is 0 Å². The van der Waals surface area contributed by atoms with Gasteiger partial charge in [0.15, 0.2) is 0 Å². The molecule has 1 aromatic heterocycles. The summed E-state index contributed by atoms with van der Waals surface area (Å²) in [5, 5.41) is 7.73. The summed E-state index contributed by atoms with van der Waals surface area (Å²) >= 11 is 0. The molecule has 2 rings (SSSR count). The molecule has 130 valence electrons. The zero-order valence-electron chi connectivity index (χ0n) is 14.9. The highest BCUT2D eigenvalue weighted by Gasteiger charge is 2.38. The van der Waals surface area contributed by atoms with Crippen LogP contribution in [0, 0.1) is 0 Å². The molecule has 1 saturated heterocycles. The van der Waals surface area contributed by atoms with Gasteiger partial charge in [0, 0.05) is 32.9 Å². The van der Waals surface area contributed by atoms with Crippen molar-refractivity contribution in [3.8, 4) is 0 Å². The van der Waals surface area contributed by atoms with E-state index in [9.17, 15) is 4.79 Å². The summed E-state index contributed by atoms with van der Waals surface area (Å²) in [5.41, 5.74) is 0.600. The van der Waals surface area contributed by atoms with E-state index in [0.717, 1.165) is 5.69 Å². The molecule has 1 amide bonds. The third kappa shape index (κ3) is 4.45. The van der Waals surface area contributed by atoms with Crippen LogP contribution in [0.5, 0.6) is 0 Å². The van der Waals surface area contributed by atoms with E-state index in [1.165, 1.54) is 0 Å². The average Bonchev–Trinajstić information content (AvgIpc) is 3.03. The summed E-state index contributed by atoms with van der Waals surface area (Å²) in [7, 11) is 3.59. The number of rotatable bonds is 4. The Hall–Kier alpha value is -1.60. The number of hydrogen-bond donors (Lipinski definition) is 1. The third-order valence-electron chi connectivity index (χ3n) is 3.99. The normalized spacial score (nSPS) is 23.1. The summed E-state index contributed by atoms with van der Waals surface area (Å²) in [6.07, 6.45) is 1.43. The maximum Gasteiger partial charge on any atom is 0.410 e. The maximum absolute atomic E-state index is 12.2. The standard InChI is InChI=1S/C16H28N4O3/c1-11(13-7-8-17-19(13)5)18-12-9-20(10-14(12)22-6)15(21)23-16(2,3)4/h7-8,11-12,14,18H,9-10H2,1-6H3/t11?,12?,14-/m0/s1. The largest absolute Gasteiger partial charge is 0.444 e. The highest BCUT2D eigenvalue weighted by atomic mass is 16.6. The second-order valence-electron chi connectivity index (χ2n) is 7.03. The Kier molecular flexibility index (Phi) is 5.31. The van der Waals surface area contributed by atoms with E-state index in [0.29, 0.717) is 13.1 Å². The minimum Gasteiger partial charge on any atom is -0.444 e. The van der Waals surface area contributed by atoms with E-state index >= 15 is 0 Å². The average molecular weight is 324 g/mol. The molecule has 1 fully saturated rings. The second-order valence-corrected chi connectivity index (χ2v) is 7.03. The maximum atomic E-state index is 12.2. The molecule has 2 unspecified atom stereocenters. The minimum atomic E-state index is -0.493. The van der Waals surface area contributed by atoms with Gasteiger partial charge in [-0.25, -0.2) is 4.79 Å². The van der Waals surface area contributed by atoms with Crippen LogP contribution in [-0.4, -0.2) is 58.7 Å². The lowest BCUT2D eigenvalue weighted by atomic mass is 10.1. The topological polar surface area (TPSA) is 68.6 Å². The highest BCUT2D eigenvalue weighted by molar-refractivity contribution is 5.68. The van der Waals surface area contributed by atoms with Gasteiger partial charge in [0.1, 0.15) is 5.60 Å². The molecule has 3 atom stereocenters. The van der Waals surface area contributed by atoms with Gasteiger partial charge in [-0.15, -0.1) is 0 Å². The molecule has 23 heavy (non-hydrogen) atoms. The van der Waals surface area contributed by atoms with Crippen LogP contribution in [0.15, 0.2) is 12.3 Å². The van der Waals surface area contributed by atoms with Crippen LogP contribution >= 0.6 is 0 Å². The number of aryl methyl sites for hydroxylation is 1. The van der Waals surface area contributed by atoms with Gasteiger partial charge in [0.2, 0.25) is 0 Å². The number of aromatic nitrogens is 2. The predicted octanol–water partition coefficient (Wildman–Crippen LogP) is 1.70. The number of ether oxygens (including phenoxy) is 2. The number of hydrogen-bond acceptors (Lipinski definition) is 5. The fraction of sp³-hybridized carbons (Fsp3) is 0.750. The Bertz CT molecular complexity index is 538. The van der Waals surface area contributed by atoms with Crippen LogP contribution in [0.2, 0.25) is 0 Å². The minimum absolute atomic E-state index is 0.0532. The molecular formula is C16H28N4O3. The van der Waals surface area contributed by atoms with Gasteiger partial charge in [0.25, 0.3) is 0 Å². The van der Waals surface area contributed by atoms with Crippen LogP contribution in [0.3, 0.4) is 0 Å². The molecule has 0 spiro atoms. The number of carbonyl (C=O) groups is 1. The number of likely N-dealkylation sites (tertiary alicyclic amines) is 1. The summed E-state index contributed by atoms with van der Waals surface area (Å²) in [6.45, 7) is 8.79. The number of carbonyl (C=O) groups excluding carboxylic acids is 1. The third-order valence-corrected chi connectivity index (χ3v) is 3.99. The zero-order valence-corrected chi connectivity index (χ0v) is 14.9. The molecule has 0 radical (unpaired) electrons.